The maximum atomic E-state index is 12.6. The van der Waals surface area contributed by atoms with E-state index in [9.17, 15) is 4.79 Å². The Balaban J connectivity index is 1.64. The maximum absolute atomic E-state index is 12.6. The highest BCUT2D eigenvalue weighted by Crippen LogP contribution is 2.27. The molecule has 23 heavy (non-hydrogen) atoms. The summed E-state index contributed by atoms with van der Waals surface area (Å²) in [6.45, 7) is 4.67. The third kappa shape index (κ3) is 4.07. The predicted molar refractivity (Wildman–Crippen MR) is 94.5 cm³/mol. The summed E-state index contributed by atoms with van der Waals surface area (Å²) in [7, 11) is 1.71. The van der Waals surface area contributed by atoms with E-state index in [1.807, 2.05) is 12.1 Å². The monoisotopic (exact) mass is 380 g/mol. The number of ether oxygens (including phenoxy) is 1. The molecule has 0 N–H and O–H groups in total. The minimum absolute atomic E-state index is 0.167. The molecule has 0 aromatic heterocycles. The SMILES string of the molecule is COc1ccc(Br)cc1CN1CCC[C@H](C(=O)N2CCCC2)C1. The van der Waals surface area contributed by atoms with Crippen molar-refractivity contribution >= 4 is 21.8 Å². The topological polar surface area (TPSA) is 32.8 Å². The van der Waals surface area contributed by atoms with Crippen molar-refractivity contribution in [3.63, 3.8) is 0 Å². The zero-order valence-corrected chi connectivity index (χ0v) is 15.3. The minimum Gasteiger partial charge on any atom is -0.496 e. The Morgan fingerprint density at radius 1 is 1.26 bits per heavy atom. The molecule has 2 fully saturated rings. The normalized spacial score (nSPS) is 22.3. The van der Waals surface area contributed by atoms with Crippen molar-refractivity contribution in [1.29, 1.82) is 0 Å². The molecule has 0 saturated carbocycles. The standard InChI is InChI=1S/C18H25BrN2O2/c1-23-17-7-6-16(19)11-15(17)13-20-8-4-5-14(12-20)18(22)21-9-2-3-10-21/h6-7,11,14H,2-5,8-10,12-13H2,1H3/t14-/m0/s1. The molecular weight excluding hydrogens is 356 g/mol. The summed E-state index contributed by atoms with van der Waals surface area (Å²) >= 11 is 3.54. The average Bonchev–Trinajstić information content (AvgIpc) is 3.09. The average molecular weight is 381 g/mol. The van der Waals surface area contributed by atoms with E-state index in [0.29, 0.717) is 5.91 Å². The molecule has 0 spiro atoms. The highest BCUT2D eigenvalue weighted by Gasteiger charge is 2.30. The molecule has 2 saturated heterocycles. The molecule has 3 rings (SSSR count). The third-order valence-electron chi connectivity index (χ3n) is 4.91. The second-order valence-electron chi connectivity index (χ2n) is 6.56. The Hall–Kier alpha value is -1.07. The van der Waals surface area contributed by atoms with Gasteiger partial charge in [-0.25, -0.2) is 0 Å². The van der Waals surface area contributed by atoms with Crippen molar-refractivity contribution in [1.82, 2.24) is 9.80 Å². The van der Waals surface area contributed by atoms with Crippen molar-refractivity contribution in [2.24, 2.45) is 5.92 Å². The number of halogens is 1. The fraction of sp³-hybridized carbons (Fsp3) is 0.611. The fourth-order valence-electron chi connectivity index (χ4n) is 3.71. The number of hydrogen-bond donors (Lipinski definition) is 0. The number of nitrogens with zero attached hydrogens (tertiary/aromatic N) is 2. The molecule has 1 aromatic carbocycles. The van der Waals surface area contributed by atoms with Crippen molar-refractivity contribution in [3.05, 3.63) is 28.2 Å². The largest absolute Gasteiger partial charge is 0.496 e. The number of hydrogen-bond acceptors (Lipinski definition) is 3. The van der Waals surface area contributed by atoms with Gasteiger partial charge in [0.25, 0.3) is 0 Å². The van der Waals surface area contributed by atoms with Crippen molar-refractivity contribution < 1.29 is 9.53 Å². The molecule has 2 heterocycles. The highest BCUT2D eigenvalue weighted by molar-refractivity contribution is 9.10. The van der Waals surface area contributed by atoms with Gasteiger partial charge in [0, 0.05) is 36.2 Å². The molecule has 0 unspecified atom stereocenters. The fourth-order valence-corrected chi connectivity index (χ4v) is 4.12. The molecule has 2 aliphatic rings. The van der Waals surface area contributed by atoms with Crippen LogP contribution in [0.1, 0.15) is 31.2 Å². The van der Waals surface area contributed by atoms with E-state index in [1.54, 1.807) is 7.11 Å². The quantitative estimate of drug-likeness (QED) is 0.803. The van der Waals surface area contributed by atoms with Gasteiger partial charge >= 0.3 is 0 Å². The summed E-state index contributed by atoms with van der Waals surface area (Å²) in [6, 6.07) is 6.11. The van der Waals surface area contributed by atoms with Crippen LogP contribution in [0.2, 0.25) is 0 Å². The molecule has 5 heteroatoms. The van der Waals surface area contributed by atoms with Gasteiger partial charge in [-0.3, -0.25) is 9.69 Å². The number of amides is 1. The minimum atomic E-state index is 0.167. The molecule has 4 nitrogen and oxygen atoms in total. The Bertz CT molecular complexity index is 558. The van der Waals surface area contributed by atoms with E-state index in [2.05, 4.69) is 31.8 Å². The third-order valence-corrected chi connectivity index (χ3v) is 5.40. The predicted octanol–water partition coefficient (Wildman–Crippen LogP) is 3.29. The van der Waals surface area contributed by atoms with Crippen molar-refractivity contribution in [3.8, 4) is 5.75 Å². The summed E-state index contributed by atoms with van der Waals surface area (Å²) in [5, 5.41) is 0. The number of carbonyl (C=O) groups excluding carboxylic acids is 1. The number of likely N-dealkylation sites (tertiary alicyclic amines) is 2. The molecule has 0 radical (unpaired) electrons. The van der Waals surface area contributed by atoms with Crippen LogP contribution < -0.4 is 4.74 Å². The number of methoxy groups -OCH3 is 1. The van der Waals surface area contributed by atoms with E-state index in [4.69, 9.17) is 4.74 Å². The van der Waals surface area contributed by atoms with E-state index in [-0.39, 0.29) is 5.92 Å². The Labute approximate surface area is 146 Å². The highest BCUT2D eigenvalue weighted by atomic mass is 79.9. The summed E-state index contributed by atoms with van der Waals surface area (Å²) in [4.78, 5) is 17.1. The molecular formula is C18H25BrN2O2. The van der Waals surface area contributed by atoms with Gasteiger partial charge in [0.2, 0.25) is 5.91 Å². The van der Waals surface area contributed by atoms with E-state index < -0.39 is 0 Å². The molecule has 1 amide bonds. The van der Waals surface area contributed by atoms with Crippen LogP contribution >= 0.6 is 15.9 Å². The smallest absolute Gasteiger partial charge is 0.226 e. The van der Waals surface area contributed by atoms with Gasteiger partial charge in [-0.2, -0.15) is 0 Å². The summed E-state index contributed by atoms with van der Waals surface area (Å²) in [5.41, 5.74) is 1.18. The first-order chi connectivity index (χ1) is 11.2. The first-order valence-corrected chi connectivity index (χ1v) is 9.30. The Morgan fingerprint density at radius 2 is 2.04 bits per heavy atom. The number of rotatable bonds is 4. The lowest BCUT2D eigenvalue weighted by Crippen LogP contribution is -2.43. The van der Waals surface area contributed by atoms with E-state index in [1.165, 1.54) is 5.56 Å². The molecule has 0 bridgehead atoms. The number of piperidine rings is 1. The van der Waals surface area contributed by atoms with E-state index in [0.717, 1.165) is 68.6 Å². The number of carbonyl (C=O) groups is 1. The zero-order chi connectivity index (χ0) is 16.2. The Morgan fingerprint density at radius 3 is 2.78 bits per heavy atom. The molecule has 0 aliphatic carbocycles. The van der Waals surface area contributed by atoms with Gasteiger partial charge in [0.05, 0.1) is 13.0 Å². The van der Waals surface area contributed by atoms with Crippen LogP contribution in [-0.4, -0.2) is 49.0 Å². The lowest BCUT2D eigenvalue weighted by molar-refractivity contribution is -0.136. The first-order valence-electron chi connectivity index (χ1n) is 8.51. The molecule has 1 aromatic rings. The Kier molecular flexibility index (Phi) is 5.59. The van der Waals surface area contributed by atoms with Crippen LogP contribution in [0.5, 0.6) is 5.75 Å². The summed E-state index contributed by atoms with van der Waals surface area (Å²) in [5.74, 6) is 1.45. The van der Waals surface area contributed by atoms with E-state index >= 15 is 0 Å². The lowest BCUT2D eigenvalue weighted by atomic mass is 9.96. The number of benzene rings is 1. The van der Waals surface area contributed by atoms with Gasteiger partial charge in [0.15, 0.2) is 0 Å². The lowest BCUT2D eigenvalue weighted by Gasteiger charge is -2.34. The summed E-state index contributed by atoms with van der Waals surface area (Å²) in [6.07, 6.45) is 4.46. The van der Waals surface area contributed by atoms with Crippen molar-refractivity contribution in [2.75, 3.05) is 33.3 Å². The van der Waals surface area contributed by atoms with Crippen LogP contribution in [0, 0.1) is 5.92 Å². The molecule has 1 atom stereocenters. The van der Waals surface area contributed by atoms with Crippen LogP contribution in [-0.2, 0) is 11.3 Å². The van der Waals surface area contributed by atoms with Gasteiger partial charge in [-0.15, -0.1) is 0 Å². The van der Waals surface area contributed by atoms with Crippen LogP contribution in [0.3, 0.4) is 0 Å². The second-order valence-corrected chi connectivity index (χ2v) is 7.48. The van der Waals surface area contributed by atoms with Crippen LogP contribution in [0.15, 0.2) is 22.7 Å². The molecule has 126 valence electrons. The van der Waals surface area contributed by atoms with Gasteiger partial charge in [0.1, 0.15) is 5.75 Å². The van der Waals surface area contributed by atoms with Gasteiger partial charge in [-0.1, -0.05) is 15.9 Å². The summed E-state index contributed by atoms with van der Waals surface area (Å²) < 4.78 is 6.54. The van der Waals surface area contributed by atoms with Gasteiger partial charge in [-0.05, 0) is 50.4 Å². The van der Waals surface area contributed by atoms with Crippen molar-refractivity contribution in [2.45, 2.75) is 32.2 Å². The van der Waals surface area contributed by atoms with Gasteiger partial charge < -0.3 is 9.64 Å². The molecule has 2 aliphatic heterocycles. The zero-order valence-electron chi connectivity index (χ0n) is 13.8. The van der Waals surface area contributed by atoms with Crippen LogP contribution in [0.4, 0.5) is 0 Å². The first kappa shape index (κ1) is 16.8. The maximum Gasteiger partial charge on any atom is 0.226 e. The second kappa shape index (κ2) is 7.67. The van der Waals surface area contributed by atoms with Crippen LogP contribution in [0.25, 0.3) is 0 Å².